The van der Waals surface area contributed by atoms with Crippen LogP contribution in [0.25, 0.3) is 0 Å². The highest BCUT2D eigenvalue weighted by atomic mass is 35.5. The largest absolute Gasteiger partial charge is 0.348 e. The standard InChI is InChI=1S/C22H26ClN3O2/c1-2-24-22(28)26-12-6-10-19(15-26)16-8-5-9-17(13-16)21(27)25-14-18-7-3-4-11-20(18)23/h3-5,7-9,11,13,19H,2,6,10,12,14-15H2,1H3,(H,24,28)(H,25,27)/t19-/m0/s1. The molecule has 1 fully saturated rings. The Morgan fingerprint density at radius 3 is 2.75 bits per heavy atom. The van der Waals surface area contributed by atoms with E-state index >= 15 is 0 Å². The lowest BCUT2D eigenvalue weighted by Gasteiger charge is -2.33. The van der Waals surface area contributed by atoms with Crippen LogP contribution in [0.15, 0.2) is 48.5 Å². The Hall–Kier alpha value is -2.53. The van der Waals surface area contributed by atoms with Gasteiger partial charge in [0.1, 0.15) is 0 Å². The predicted octanol–water partition coefficient (Wildman–Crippen LogP) is 4.18. The third-order valence-corrected chi connectivity index (χ3v) is 5.42. The van der Waals surface area contributed by atoms with E-state index in [0.717, 1.165) is 30.5 Å². The van der Waals surface area contributed by atoms with Crippen molar-refractivity contribution < 1.29 is 9.59 Å². The summed E-state index contributed by atoms with van der Waals surface area (Å²) in [4.78, 5) is 26.6. The maximum atomic E-state index is 12.6. The smallest absolute Gasteiger partial charge is 0.317 e. The van der Waals surface area contributed by atoms with Crippen molar-refractivity contribution in [2.75, 3.05) is 19.6 Å². The average Bonchev–Trinajstić information content (AvgIpc) is 2.73. The zero-order valence-corrected chi connectivity index (χ0v) is 16.8. The molecule has 1 heterocycles. The van der Waals surface area contributed by atoms with Gasteiger partial charge < -0.3 is 15.5 Å². The molecule has 148 valence electrons. The molecule has 1 aliphatic heterocycles. The number of benzene rings is 2. The average molecular weight is 400 g/mol. The second kappa shape index (κ2) is 9.60. The van der Waals surface area contributed by atoms with Gasteiger partial charge in [0.2, 0.25) is 0 Å². The maximum absolute atomic E-state index is 12.6. The number of hydrogen-bond donors (Lipinski definition) is 2. The number of nitrogens with one attached hydrogen (secondary N) is 2. The summed E-state index contributed by atoms with van der Waals surface area (Å²) in [6.07, 6.45) is 1.98. The number of nitrogens with zero attached hydrogens (tertiary/aromatic N) is 1. The van der Waals surface area contributed by atoms with Crippen molar-refractivity contribution in [3.63, 3.8) is 0 Å². The summed E-state index contributed by atoms with van der Waals surface area (Å²) in [5, 5.41) is 6.44. The van der Waals surface area contributed by atoms with E-state index in [2.05, 4.69) is 10.6 Å². The Bertz CT molecular complexity index is 840. The number of carbonyl (C=O) groups is 2. The van der Waals surface area contributed by atoms with Gasteiger partial charge in [-0.25, -0.2) is 4.79 Å². The Kier molecular flexibility index (Phi) is 6.93. The van der Waals surface area contributed by atoms with Gasteiger partial charge in [-0.3, -0.25) is 4.79 Å². The zero-order chi connectivity index (χ0) is 19.9. The second-order valence-corrected chi connectivity index (χ2v) is 7.43. The first kappa shape index (κ1) is 20.2. The molecule has 2 aromatic carbocycles. The van der Waals surface area contributed by atoms with Crippen LogP contribution in [0.3, 0.4) is 0 Å². The molecule has 2 N–H and O–H groups in total. The molecule has 0 bridgehead atoms. The molecule has 0 unspecified atom stereocenters. The number of likely N-dealkylation sites (tertiary alicyclic amines) is 1. The lowest BCUT2D eigenvalue weighted by Crippen LogP contribution is -2.44. The lowest BCUT2D eigenvalue weighted by molar-refractivity contribution is 0.0950. The van der Waals surface area contributed by atoms with Crippen LogP contribution in [0.5, 0.6) is 0 Å². The predicted molar refractivity (Wildman–Crippen MR) is 112 cm³/mol. The molecule has 0 aliphatic carbocycles. The number of urea groups is 1. The summed E-state index contributed by atoms with van der Waals surface area (Å²) in [6.45, 7) is 4.39. The van der Waals surface area contributed by atoms with Gasteiger partial charge in [0.25, 0.3) is 5.91 Å². The van der Waals surface area contributed by atoms with Crippen molar-refractivity contribution in [3.8, 4) is 0 Å². The first-order valence-corrected chi connectivity index (χ1v) is 10.1. The molecule has 2 aromatic rings. The van der Waals surface area contributed by atoms with Crippen LogP contribution in [0.4, 0.5) is 4.79 Å². The number of piperidine rings is 1. The van der Waals surface area contributed by atoms with E-state index in [4.69, 9.17) is 11.6 Å². The second-order valence-electron chi connectivity index (χ2n) is 7.02. The quantitative estimate of drug-likeness (QED) is 0.792. The van der Waals surface area contributed by atoms with Gasteiger partial charge in [0.15, 0.2) is 0 Å². The third kappa shape index (κ3) is 5.04. The van der Waals surface area contributed by atoms with Crippen molar-refractivity contribution in [1.29, 1.82) is 0 Å². The normalized spacial score (nSPS) is 16.5. The van der Waals surface area contributed by atoms with Gasteiger partial charge in [-0.2, -0.15) is 0 Å². The van der Waals surface area contributed by atoms with Crippen molar-refractivity contribution in [1.82, 2.24) is 15.5 Å². The van der Waals surface area contributed by atoms with Gasteiger partial charge in [0, 0.05) is 42.7 Å². The number of halogens is 1. The molecule has 28 heavy (non-hydrogen) atoms. The van der Waals surface area contributed by atoms with Crippen molar-refractivity contribution in [2.45, 2.75) is 32.2 Å². The number of rotatable bonds is 5. The summed E-state index contributed by atoms with van der Waals surface area (Å²) in [5.41, 5.74) is 2.61. The molecule has 6 heteroatoms. The highest BCUT2D eigenvalue weighted by Crippen LogP contribution is 2.27. The minimum atomic E-state index is -0.127. The topological polar surface area (TPSA) is 61.4 Å². The molecule has 0 spiro atoms. The van der Waals surface area contributed by atoms with Crippen molar-refractivity contribution in [3.05, 3.63) is 70.2 Å². The van der Waals surface area contributed by atoms with Gasteiger partial charge in [-0.1, -0.05) is 41.9 Å². The van der Waals surface area contributed by atoms with E-state index < -0.39 is 0 Å². The van der Waals surface area contributed by atoms with E-state index in [1.54, 1.807) is 0 Å². The molecule has 3 rings (SSSR count). The number of carbonyl (C=O) groups excluding carboxylic acids is 2. The van der Waals surface area contributed by atoms with E-state index in [1.165, 1.54) is 0 Å². The molecule has 0 radical (unpaired) electrons. The first-order valence-electron chi connectivity index (χ1n) is 9.72. The van der Waals surface area contributed by atoms with Gasteiger partial charge in [-0.05, 0) is 49.1 Å². The van der Waals surface area contributed by atoms with Crippen molar-refractivity contribution in [2.24, 2.45) is 0 Å². The zero-order valence-electron chi connectivity index (χ0n) is 16.1. The molecule has 0 saturated carbocycles. The Balaban J connectivity index is 1.65. The van der Waals surface area contributed by atoms with Crippen LogP contribution in [0.1, 0.15) is 47.2 Å². The number of amides is 3. The summed E-state index contributed by atoms with van der Waals surface area (Å²) in [5.74, 6) is 0.117. The summed E-state index contributed by atoms with van der Waals surface area (Å²) < 4.78 is 0. The molecule has 1 aliphatic rings. The molecular formula is C22H26ClN3O2. The first-order chi connectivity index (χ1) is 13.6. The Morgan fingerprint density at radius 1 is 1.14 bits per heavy atom. The summed E-state index contributed by atoms with van der Waals surface area (Å²) in [6, 6.07) is 15.2. The highest BCUT2D eigenvalue weighted by molar-refractivity contribution is 6.31. The lowest BCUT2D eigenvalue weighted by atomic mass is 9.89. The van der Waals surface area contributed by atoms with Gasteiger partial charge in [0.05, 0.1) is 0 Å². The van der Waals surface area contributed by atoms with Crippen LogP contribution in [0.2, 0.25) is 5.02 Å². The van der Waals surface area contributed by atoms with E-state index in [0.29, 0.717) is 30.2 Å². The molecule has 1 atom stereocenters. The Morgan fingerprint density at radius 2 is 1.96 bits per heavy atom. The van der Waals surface area contributed by atoms with E-state index in [-0.39, 0.29) is 17.9 Å². The highest BCUT2D eigenvalue weighted by Gasteiger charge is 2.24. The molecule has 3 amide bonds. The third-order valence-electron chi connectivity index (χ3n) is 5.05. The molecular weight excluding hydrogens is 374 g/mol. The Labute approximate surface area is 171 Å². The van der Waals surface area contributed by atoms with Crippen LogP contribution in [0, 0.1) is 0 Å². The van der Waals surface area contributed by atoms with Gasteiger partial charge >= 0.3 is 6.03 Å². The fraction of sp³-hybridized carbons (Fsp3) is 0.364. The van der Waals surface area contributed by atoms with Crippen LogP contribution >= 0.6 is 11.6 Å². The van der Waals surface area contributed by atoms with Crippen LogP contribution < -0.4 is 10.6 Å². The summed E-state index contributed by atoms with van der Waals surface area (Å²) in [7, 11) is 0. The minimum absolute atomic E-state index is 0.0131. The monoisotopic (exact) mass is 399 g/mol. The van der Waals surface area contributed by atoms with E-state index in [1.807, 2.05) is 60.4 Å². The van der Waals surface area contributed by atoms with Gasteiger partial charge in [-0.15, -0.1) is 0 Å². The fourth-order valence-electron chi connectivity index (χ4n) is 3.55. The molecule has 5 nitrogen and oxygen atoms in total. The minimum Gasteiger partial charge on any atom is -0.348 e. The number of hydrogen-bond acceptors (Lipinski definition) is 2. The SMILES string of the molecule is CCNC(=O)N1CCC[C@H](c2cccc(C(=O)NCc3ccccc3Cl)c2)C1. The van der Waals surface area contributed by atoms with Crippen LogP contribution in [-0.2, 0) is 6.54 Å². The molecule has 1 saturated heterocycles. The van der Waals surface area contributed by atoms with E-state index in [9.17, 15) is 9.59 Å². The fourth-order valence-corrected chi connectivity index (χ4v) is 3.75. The summed E-state index contributed by atoms with van der Waals surface area (Å²) >= 11 is 6.15. The maximum Gasteiger partial charge on any atom is 0.317 e. The van der Waals surface area contributed by atoms with Crippen LogP contribution in [-0.4, -0.2) is 36.5 Å². The molecule has 0 aromatic heterocycles. The van der Waals surface area contributed by atoms with Crippen molar-refractivity contribution >= 4 is 23.5 Å².